The van der Waals surface area contributed by atoms with E-state index in [1.54, 1.807) is 6.20 Å². The third-order valence-corrected chi connectivity index (χ3v) is 2.12. The van der Waals surface area contributed by atoms with Crippen LogP contribution in [0.4, 0.5) is 0 Å². The Hall–Kier alpha value is -1.22. The van der Waals surface area contributed by atoms with E-state index in [0.717, 1.165) is 12.0 Å². The van der Waals surface area contributed by atoms with Crippen molar-refractivity contribution in [2.45, 2.75) is 32.7 Å². The molecule has 0 unspecified atom stereocenters. The summed E-state index contributed by atoms with van der Waals surface area (Å²) in [5.41, 5.74) is 1.12. The normalized spacial score (nSPS) is 10.6. The van der Waals surface area contributed by atoms with E-state index in [2.05, 4.69) is 10.3 Å². The Morgan fingerprint density at radius 2 is 2.33 bits per heavy atom. The van der Waals surface area contributed by atoms with E-state index in [0.29, 0.717) is 19.0 Å². The molecule has 3 nitrogen and oxygen atoms in total. The van der Waals surface area contributed by atoms with Crippen LogP contribution in [0.3, 0.4) is 0 Å². The van der Waals surface area contributed by atoms with E-state index in [9.17, 15) is 4.79 Å². The number of hydrogen-bond donors (Lipinski definition) is 1. The number of aromatic nitrogens is 1. The standard InChI is InChI=1S/C12H18N2O/c1-10(2)14-9-12(15)6-5-11-4-3-7-13-8-11/h3-4,7-8,10,14H,5-6,9H2,1-2H3. The molecule has 0 spiro atoms. The average Bonchev–Trinajstić information content (AvgIpc) is 2.25. The molecule has 1 heterocycles. The fourth-order valence-electron chi connectivity index (χ4n) is 1.24. The predicted octanol–water partition coefficient (Wildman–Crippen LogP) is 1.58. The molecule has 1 rings (SSSR count). The molecule has 82 valence electrons. The summed E-state index contributed by atoms with van der Waals surface area (Å²) in [6.07, 6.45) is 4.92. The SMILES string of the molecule is CC(C)NCC(=O)CCc1cccnc1. The molecule has 1 aromatic rings. The molecule has 0 amide bonds. The van der Waals surface area contributed by atoms with Crippen molar-refractivity contribution in [2.75, 3.05) is 6.54 Å². The molecule has 0 aliphatic heterocycles. The second-order valence-corrected chi connectivity index (χ2v) is 3.94. The second-order valence-electron chi connectivity index (χ2n) is 3.94. The van der Waals surface area contributed by atoms with Gasteiger partial charge in [0.1, 0.15) is 5.78 Å². The monoisotopic (exact) mass is 206 g/mol. The van der Waals surface area contributed by atoms with Crippen molar-refractivity contribution in [3.05, 3.63) is 30.1 Å². The topological polar surface area (TPSA) is 42.0 Å². The summed E-state index contributed by atoms with van der Waals surface area (Å²) in [4.78, 5) is 15.4. The lowest BCUT2D eigenvalue weighted by Gasteiger charge is -2.06. The number of aryl methyl sites for hydroxylation is 1. The molecule has 0 saturated heterocycles. The molecule has 0 saturated carbocycles. The van der Waals surface area contributed by atoms with Gasteiger partial charge in [0.25, 0.3) is 0 Å². The van der Waals surface area contributed by atoms with Crippen LogP contribution in [0.2, 0.25) is 0 Å². The minimum atomic E-state index is 0.257. The van der Waals surface area contributed by atoms with Gasteiger partial charge in [-0.2, -0.15) is 0 Å². The summed E-state index contributed by atoms with van der Waals surface area (Å²) in [5, 5.41) is 3.12. The lowest BCUT2D eigenvalue weighted by molar-refractivity contribution is -0.118. The van der Waals surface area contributed by atoms with Crippen LogP contribution in [0.5, 0.6) is 0 Å². The molecule has 15 heavy (non-hydrogen) atoms. The van der Waals surface area contributed by atoms with Gasteiger partial charge in [0.05, 0.1) is 6.54 Å². The van der Waals surface area contributed by atoms with Crippen molar-refractivity contribution in [1.82, 2.24) is 10.3 Å². The van der Waals surface area contributed by atoms with Gasteiger partial charge in [-0.05, 0) is 18.1 Å². The zero-order valence-corrected chi connectivity index (χ0v) is 9.36. The highest BCUT2D eigenvalue weighted by molar-refractivity contribution is 5.80. The molecule has 0 bridgehead atoms. The molecule has 0 atom stereocenters. The van der Waals surface area contributed by atoms with Gasteiger partial charge in [-0.25, -0.2) is 0 Å². The molecule has 0 aliphatic rings. The van der Waals surface area contributed by atoms with Gasteiger partial charge in [0.2, 0.25) is 0 Å². The molecule has 0 radical (unpaired) electrons. The van der Waals surface area contributed by atoms with Crippen molar-refractivity contribution in [1.29, 1.82) is 0 Å². The van der Waals surface area contributed by atoms with Crippen LogP contribution in [0, 0.1) is 0 Å². The Kier molecular flexibility index (Phi) is 4.98. The maximum Gasteiger partial charge on any atom is 0.146 e. The Bertz CT molecular complexity index is 296. The lowest BCUT2D eigenvalue weighted by Crippen LogP contribution is -2.29. The number of pyridine rings is 1. The minimum Gasteiger partial charge on any atom is -0.308 e. The summed E-state index contributed by atoms with van der Waals surface area (Å²) in [6, 6.07) is 4.26. The van der Waals surface area contributed by atoms with Crippen LogP contribution in [0.1, 0.15) is 25.8 Å². The van der Waals surface area contributed by atoms with E-state index >= 15 is 0 Å². The third-order valence-electron chi connectivity index (χ3n) is 2.12. The third kappa shape index (κ3) is 5.27. The highest BCUT2D eigenvalue weighted by Gasteiger charge is 2.03. The molecule has 1 N–H and O–H groups in total. The van der Waals surface area contributed by atoms with E-state index in [1.165, 1.54) is 0 Å². The first-order valence-corrected chi connectivity index (χ1v) is 5.32. The highest BCUT2D eigenvalue weighted by Crippen LogP contribution is 2.00. The number of hydrogen-bond acceptors (Lipinski definition) is 3. The van der Waals surface area contributed by atoms with E-state index in [4.69, 9.17) is 0 Å². The summed E-state index contributed by atoms with van der Waals surface area (Å²) in [5.74, 6) is 0.257. The van der Waals surface area contributed by atoms with Gasteiger partial charge in [0.15, 0.2) is 0 Å². The summed E-state index contributed by atoms with van der Waals surface area (Å²) >= 11 is 0. The van der Waals surface area contributed by atoms with E-state index in [-0.39, 0.29) is 5.78 Å². The number of Topliss-reactive ketones (excluding diaryl/α,β-unsaturated/α-hetero) is 1. The van der Waals surface area contributed by atoms with Gasteiger partial charge in [-0.15, -0.1) is 0 Å². The zero-order valence-electron chi connectivity index (χ0n) is 9.36. The number of ketones is 1. The molecule has 3 heteroatoms. The Morgan fingerprint density at radius 3 is 2.93 bits per heavy atom. The van der Waals surface area contributed by atoms with Crippen LogP contribution in [0.15, 0.2) is 24.5 Å². The maximum absolute atomic E-state index is 11.4. The fourth-order valence-corrected chi connectivity index (χ4v) is 1.24. The number of nitrogens with one attached hydrogen (secondary N) is 1. The molecule has 0 aromatic carbocycles. The Labute approximate surface area is 90.9 Å². The Morgan fingerprint density at radius 1 is 1.53 bits per heavy atom. The number of carbonyl (C=O) groups is 1. The molecular formula is C12H18N2O. The van der Waals surface area contributed by atoms with Crippen molar-refractivity contribution in [3.8, 4) is 0 Å². The van der Waals surface area contributed by atoms with Crippen LogP contribution < -0.4 is 5.32 Å². The quantitative estimate of drug-likeness (QED) is 0.768. The highest BCUT2D eigenvalue weighted by atomic mass is 16.1. The van der Waals surface area contributed by atoms with Gasteiger partial charge in [-0.1, -0.05) is 19.9 Å². The van der Waals surface area contributed by atoms with E-state index < -0.39 is 0 Å². The Balaban J connectivity index is 2.23. The van der Waals surface area contributed by atoms with Gasteiger partial charge >= 0.3 is 0 Å². The molecule has 0 fully saturated rings. The number of rotatable bonds is 6. The second kappa shape index (κ2) is 6.30. The van der Waals surface area contributed by atoms with Crippen LogP contribution in [-0.4, -0.2) is 23.4 Å². The fraction of sp³-hybridized carbons (Fsp3) is 0.500. The van der Waals surface area contributed by atoms with Crippen molar-refractivity contribution >= 4 is 5.78 Å². The van der Waals surface area contributed by atoms with Gasteiger partial charge in [-0.3, -0.25) is 9.78 Å². The van der Waals surface area contributed by atoms with Gasteiger partial charge in [0, 0.05) is 24.9 Å². The smallest absolute Gasteiger partial charge is 0.146 e. The lowest BCUT2D eigenvalue weighted by atomic mass is 10.1. The zero-order chi connectivity index (χ0) is 11.1. The van der Waals surface area contributed by atoms with Crippen LogP contribution in [0.25, 0.3) is 0 Å². The molecule has 1 aromatic heterocycles. The van der Waals surface area contributed by atoms with Crippen LogP contribution >= 0.6 is 0 Å². The largest absolute Gasteiger partial charge is 0.308 e. The molecular weight excluding hydrogens is 188 g/mol. The first-order chi connectivity index (χ1) is 7.18. The van der Waals surface area contributed by atoms with Crippen LogP contribution in [-0.2, 0) is 11.2 Å². The summed E-state index contributed by atoms with van der Waals surface area (Å²) in [7, 11) is 0. The van der Waals surface area contributed by atoms with Crippen molar-refractivity contribution < 1.29 is 4.79 Å². The summed E-state index contributed by atoms with van der Waals surface area (Å²) in [6.45, 7) is 4.54. The first kappa shape index (κ1) is 11.9. The molecule has 0 aliphatic carbocycles. The maximum atomic E-state index is 11.4. The number of carbonyl (C=O) groups excluding carboxylic acids is 1. The van der Waals surface area contributed by atoms with Gasteiger partial charge < -0.3 is 5.32 Å². The van der Waals surface area contributed by atoms with E-state index in [1.807, 2.05) is 32.2 Å². The number of nitrogens with zero attached hydrogens (tertiary/aromatic N) is 1. The average molecular weight is 206 g/mol. The van der Waals surface area contributed by atoms with Crippen molar-refractivity contribution in [2.24, 2.45) is 0 Å². The van der Waals surface area contributed by atoms with Crippen molar-refractivity contribution in [3.63, 3.8) is 0 Å². The first-order valence-electron chi connectivity index (χ1n) is 5.32. The minimum absolute atomic E-state index is 0.257. The summed E-state index contributed by atoms with van der Waals surface area (Å²) < 4.78 is 0. The predicted molar refractivity (Wildman–Crippen MR) is 60.7 cm³/mol.